The van der Waals surface area contributed by atoms with E-state index in [1.807, 2.05) is 22.8 Å². The summed E-state index contributed by atoms with van der Waals surface area (Å²) in [6.45, 7) is 1.53. The van der Waals surface area contributed by atoms with Crippen molar-refractivity contribution in [2.45, 2.75) is 19.1 Å². The molecule has 14 heavy (non-hydrogen) atoms. The van der Waals surface area contributed by atoms with Crippen LogP contribution < -0.4 is 0 Å². The first-order valence-corrected chi connectivity index (χ1v) is 11.1. The first-order chi connectivity index (χ1) is 6.79. The molecule has 0 aromatic heterocycles. The maximum absolute atomic E-state index is 5.66. The quantitative estimate of drug-likeness (QED) is 0.729. The van der Waals surface area contributed by atoms with Crippen molar-refractivity contribution in [2.75, 3.05) is 30.9 Å². The first-order valence-electron chi connectivity index (χ1n) is 4.90. The van der Waals surface area contributed by atoms with E-state index < -0.39 is 4.44 Å². The molecular formula is C8H15O2PS3. The molecule has 6 heteroatoms. The molecule has 82 valence electrons. The summed E-state index contributed by atoms with van der Waals surface area (Å²) in [5, 5.41) is 0. The van der Waals surface area contributed by atoms with Gasteiger partial charge in [-0.05, 0) is 19.0 Å². The zero-order valence-corrected chi connectivity index (χ0v) is 11.4. The van der Waals surface area contributed by atoms with E-state index in [9.17, 15) is 0 Å². The minimum Gasteiger partial charge on any atom is -0.350 e. The Labute approximate surface area is 98.4 Å². The predicted octanol–water partition coefficient (Wildman–Crippen LogP) is 2.93. The van der Waals surface area contributed by atoms with E-state index in [0.717, 1.165) is 19.6 Å². The van der Waals surface area contributed by atoms with Crippen molar-refractivity contribution in [3.05, 3.63) is 0 Å². The Morgan fingerprint density at radius 1 is 1.21 bits per heavy atom. The molecule has 2 heterocycles. The van der Waals surface area contributed by atoms with E-state index >= 15 is 0 Å². The van der Waals surface area contributed by atoms with Crippen molar-refractivity contribution in [2.24, 2.45) is 0 Å². The van der Waals surface area contributed by atoms with Crippen LogP contribution in [0.2, 0.25) is 0 Å². The molecular weight excluding hydrogens is 255 g/mol. The predicted molar refractivity (Wildman–Crippen MR) is 69.0 cm³/mol. The molecule has 0 atom stereocenters. The second-order valence-electron chi connectivity index (χ2n) is 3.31. The van der Waals surface area contributed by atoms with Gasteiger partial charge in [0.25, 0.3) is 0 Å². The summed E-state index contributed by atoms with van der Waals surface area (Å²) in [5.41, 5.74) is 0. The van der Waals surface area contributed by atoms with Gasteiger partial charge >= 0.3 is 0 Å². The van der Waals surface area contributed by atoms with Crippen molar-refractivity contribution < 1.29 is 9.47 Å². The van der Waals surface area contributed by atoms with Crippen LogP contribution in [0.25, 0.3) is 0 Å². The highest BCUT2D eigenvalue weighted by Crippen LogP contribution is 2.73. The number of hydrogen-bond donors (Lipinski definition) is 0. The zero-order valence-electron chi connectivity index (χ0n) is 8.02. The van der Waals surface area contributed by atoms with Crippen molar-refractivity contribution >= 4 is 39.0 Å². The largest absolute Gasteiger partial charge is 0.350 e. The van der Waals surface area contributed by atoms with Gasteiger partial charge in [-0.15, -0.1) is 22.8 Å². The zero-order chi connectivity index (χ0) is 9.86. The molecule has 2 nitrogen and oxygen atoms in total. The third kappa shape index (κ3) is 3.39. The molecule has 0 spiro atoms. The van der Waals surface area contributed by atoms with Gasteiger partial charge < -0.3 is 9.47 Å². The molecule has 0 saturated carbocycles. The Bertz CT molecular complexity index is 221. The lowest BCUT2D eigenvalue weighted by molar-refractivity contribution is -0.0466. The highest BCUT2D eigenvalue weighted by molar-refractivity contribution is 9.01. The topological polar surface area (TPSA) is 18.5 Å². The Hall–Kier alpha value is 1.27. The molecule has 0 radical (unpaired) electrons. The van der Waals surface area contributed by atoms with E-state index in [1.165, 1.54) is 24.1 Å². The molecule has 0 amide bonds. The van der Waals surface area contributed by atoms with E-state index in [4.69, 9.17) is 21.3 Å². The smallest absolute Gasteiger partial charge is 0.157 e. The van der Waals surface area contributed by atoms with Crippen molar-refractivity contribution in [1.82, 2.24) is 0 Å². The van der Waals surface area contributed by atoms with Gasteiger partial charge in [0, 0.05) is 11.5 Å². The molecule has 0 N–H and O–H groups in total. The molecule has 2 aliphatic rings. The fraction of sp³-hybridized carbons (Fsp3) is 1.00. The molecule has 2 fully saturated rings. The van der Waals surface area contributed by atoms with Gasteiger partial charge in [-0.1, -0.05) is 11.8 Å². The highest BCUT2D eigenvalue weighted by atomic mass is 33.2. The standard InChI is InChI=1S/C8H15O2PS3/c12-11(13-6-7-14-11)5-1-2-8-9-3-4-10-8/h8H,1-7H2. The summed E-state index contributed by atoms with van der Waals surface area (Å²) in [4.78, 5) is 0. The summed E-state index contributed by atoms with van der Waals surface area (Å²) in [6, 6.07) is 0. The lowest BCUT2D eigenvalue weighted by Crippen LogP contribution is -2.07. The summed E-state index contributed by atoms with van der Waals surface area (Å²) in [5.74, 6) is 2.52. The van der Waals surface area contributed by atoms with Gasteiger partial charge in [-0.2, -0.15) is 0 Å². The van der Waals surface area contributed by atoms with Gasteiger partial charge in [0.05, 0.1) is 17.7 Å². The molecule has 0 unspecified atom stereocenters. The number of ether oxygens (including phenoxy) is 2. The second-order valence-corrected chi connectivity index (χ2v) is 15.6. The summed E-state index contributed by atoms with van der Waals surface area (Å²) in [7, 11) is 0. The van der Waals surface area contributed by atoms with Crippen LogP contribution in [0.4, 0.5) is 0 Å². The lowest BCUT2D eigenvalue weighted by atomic mass is 10.3. The number of rotatable bonds is 4. The van der Waals surface area contributed by atoms with Crippen molar-refractivity contribution in [3.8, 4) is 0 Å². The molecule has 0 aromatic carbocycles. The molecule has 0 aromatic rings. The molecule has 0 bridgehead atoms. The summed E-state index contributed by atoms with van der Waals surface area (Å²) in [6.07, 6.45) is 3.47. The third-order valence-corrected chi connectivity index (χ3v) is 13.8. The van der Waals surface area contributed by atoms with Gasteiger partial charge in [0.1, 0.15) is 0 Å². The van der Waals surface area contributed by atoms with E-state index in [2.05, 4.69) is 0 Å². The second kappa shape index (κ2) is 5.55. The fourth-order valence-electron chi connectivity index (χ4n) is 1.54. The van der Waals surface area contributed by atoms with Crippen LogP contribution in [0, 0.1) is 0 Å². The van der Waals surface area contributed by atoms with Crippen molar-refractivity contribution in [1.29, 1.82) is 0 Å². The normalized spacial score (nSPS) is 27.1. The molecule has 2 aliphatic heterocycles. The van der Waals surface area contributed by atoms with Crippen LogP contribution in [0.3, 0.4) is 0 Å². The Kier molecular flexibility index (Phi) is 4.66. The van der Waals surface area contributed by atoms with Crippen LogP contribution in [-0.4, -0.2) is 37.2 Å². The molecule has 2 rings (SSSR count). The van der Waals surface area contributed by atoms with Crippen molar-refractivity contribution in [3.63, 3.8) is 0 Å². The lowest BCUT2D eigenvalue weighted by Gasteiger charge is -2.14. The van der Waals surface area contributed by atoms with Crippen LogP contribution >= 0.6 is 27.2 Å². The van der Waals surface area contributed by atoms with Crippen LogP contribution in [0.1, 0.15) is 12.8 Å². The fourth-order valence-corrected chi connectivity index (χ4v) is 12.1. The maximum atomic E-state index is 5.66. The van der Waals surface area contributed by atoms with E-state index in [1.54, 1.807) is 0 Å². The van der Waals surface area contributed by atoms with Crippen LogP contribution in [0.15, 0.2) is 0 Å². The average molecular weight is 270 g/mol. The Morgan fingerprint density at radius 2 is 1.86 bits per heavy atom. The van der Waals surface area contributed by atoms with Gasteiger partial charge in [-0.3, -0.25) is 0 Å². The monoisotopic (exact) mass is 270 g/mol. The van der Waals surface area contributed by atoms with E-state index in [0.29, 0.717) is 0 Å². The van der Waals surface area contributed by atoms with Crippen LogP contribution in [0.5, 0.6) is 0 Å². The third-order valence-electron chi connectivity index (χ3n) is 2.22. The first kappa shape index (κ1) is 11.7. The minimum atomic E-state index is -1.07. The average Bonchev–Trinajstić information content (AvgIpc) is 2.77. The summed E-state index contributed by atoms with van der Waals surface area (Å²) < 4.78 is 9.71. The van der Waals surface area contributed by atoms with E-state index in [-0.39, 0.29) is 6.29 Å². The SMILES string of the molecule is S=P1(CCCC2OCCO2)SCCS1. The van der Waals surface area contributed by atoms with Gasteiger partial charge in [0.15, 0.2) is 6.29 Å². The molecule has 2 saturated heterocycles. The van der Waals surface area contributed by atoms with Gasteiger partial charge in [0.2, 0.25) is 0 Å². The number of hydrogen-bond acceptors (Lipinski definition) is 5. The molecule has 0 aliphatic carbocycles. The maximum Gasteiger partial charge on any atom is 0.157 e. The van der Waals surface area contributed by atoms with Gasteiger partial charge in [-0.25, -0.2) is 0 Å². The minimum absolute atomic E-state index is 0.0641. The van der Waals surface area contributed by atoms with Crippen LogP contribution in [-0.2, 0) is 21.3 Å². The Morgan fingerprint density at radius 3 is 2.50 bits per heavy atom. The Balaban J connectivity index is 1.64. The summed E-state index contributed by atoms with van der Waals surface area (Å²) >= 11 is 9.73. The highest BCUT2D eigenvalue weighted by Gasteiger charge is 2.24.